The zero-order valence-electron chi connectivity index (χ0n) is 35.6. The van der Waals surface area contributed by atoms with Crippen molar-refractivity contribution in [1.82, 2.24) is 19.9 Å². The molecule has 4 aromatic heterocycles. The van der Waals surface area contributed by atoms with Gasteiger partial charge >= 0.3 is 12.4 Å². The van der Waals surface area contributed by atoms with E-state index in [0.717, 1.165) is 24.6 Å². The van der Waals surface area contributed by atoms with Crippen LogP contribution in [0.2, 0.25) is 10.0 Å². The van der Waals surface area contributed by atoms with Gasteiger partial charge in [0.2, 0.25) is 11.8 Å². The average molecular weight is 1020 g/mol. The first-order chi connectivity index (χ1) is 31.7. The number of fused-ring (bicyclic) bond motifs is 2. The second kappa shape index (κ2) is 18.4. The summed E-state index contributed by atoms with van der Waals surface area (Å²) in [5.74, 6) is 0.181. The van der Waals surface area contributed by atoms with Crippen molar-refractivity contribution in [2.45, 2.75) is 36.3 Å². The van der Waals surface area contributed by atoms with Gasteiger partial charge in [0.15, 0.2) is 29.7 Å². The summed E-state index contributed by atoms with van der Waals surface area (Å²) < 4.78 is 140. The van der Waals surface area contributed by atoms with E-state index in [1.54, 1.807) is 74.5 Å². The minimum absolute atomic E-state index is 0.0248. The van der Waals surface area contributed by atoms with Gasteiger partial charge in [-0.05, 0) is 89.7 Å². The van der Waals surface area contributed by atoms with Crippen LogP contribution in [0.15, 0.2) is 120 Å². The summed E-state index contributed by atoms with van der Waals surface area (Å²) in [6.45, 7) is 3.49. The molecule has 4 aromatic carbocycles. The lowest BCUT2D eigenvalue weighted by molar-refractivity contribution is -0.137. The van der Waals surface area contributed by atoms with Gasteiger partial charge in [0.05, 0.1) is 27.8 Å². The van der Waals surface area contributed by atoms with Crippen molar-refractivity contribution in [1.29, 1.82) is 0 Å². The Balaban J connectivity index is 0.000000202. The molecule has 0 unspecified atom stereocenters. The molecule has 0 amide bonds. The Bertz CT molecular complexity index is 3550. The fourth-order valence-electron chi connectivity index (χ4n) is 7.10. The number of nitrogens with zero attached hydrogens (tertiary/aromatic N) is 4. The van der Waals surface area contributed by atoms with Gasteiger partial charge in [-0.25, -0.2) is 21.8 Å². The highest BCUT2D eigenvalue weighted by molar-refractivity contribution is 7.91. The van der Waals surface area contributed by atoms with E-state index in [4.69, 9.17) is 44.1 Å². The smallest absolute Gasteiger partial charge is 0.418 e. The third-order valence-corrected chi connectivity index (χ3v) is 12.9. The van der Waals surface area contributed by atoms with E-state index in [0.29, 0.717) is 49.9 Å². The first-order valence-electron chi connectivity index (χ1n) is 19.5. The normalized spacial score (nSPS) is 12.2. The van der Waals surface area contributed by atoms with E-state index in [2.05, 4.69) is 19.9 Å². The number of hydrogen-bond acceptors (Lipinski definition) is 12. The van der Waals surface area contributed by atoms with Crippen molar-refractivity contribution >= 4 is 76.1 Å². The Morgan fingerprint density at radius 2 is 1.06 bits per heavy atom. The lowest BCUT2D eigenvalue weighted by atomic mass is 9.95. The van der Waals surface area contributed by atoms with Crippen molar-refractivity contribution in [3.8, 4) is 45.5 Å². The molecule has 8 rings (SSSR count). The monoisotopic (exact) mass is 1010 g/mol. The van der Waals surface area contributed by atoms with Gasteiger partial charge in [-0.2, -0.15) is 31.3 Å². The standard InChI is InChI=1S/C23H16Cl2F3N3O3S.C23H18F3N3O3S/c1-11-10-30-20-14(7-4-8-15(20)23(26,27)28)16(11)12-5-3-6-13(9-12)34-21-17(24)19(29)18(25)22(31-21)35(2,32)33;1-13-12-28-22-17(7-4-8-18(22)23(24,25)26)21(13)14-5-3-6-16(9-14)32-19-10-15(27)11-20(29-19)33(2,30)31/h3-10H,1-2H3,(H2,29,31);3-12H,1-2H3,(H2,27,29). The summed E-state index contributed by atoms with van der Waals surface area (Å²) in [4.78, 5) is 16.0. The van der Waals surface area contributed by atoms with Crippen LogP contribution in [0.5, 0.6) is 23.3 Å². The van der Waals surface area contributed by atoms with E-state index in [-0.39, 0.29) is 55.0 Å². The molecule has 0 radical (unpaired) electrons. The van der Waals surface area contributed by atoms with Crippen molar-refractivity contribution in [2.75, 3.05) is 24.0 Å². The number of halogens is 8. The maximum absolute atomic E-state index is 13.5. The largest absolute Gasteiger partial charge is 0.439 e. The van der Waals surface area contributed by atoms with Gasteiger partial charge in [-0.15, -0.1) is 0 Å². The van der Waals surface area contributed by atoms with Gasteiger partial charge in [0.1, 0.15) is 21.5 Å². The van der Waals surface area contributed by atoms with Crippen LogP contribution in [0.3, 0.4) is 0 Å². The van der Waals surface area contributed by atoms with Crippen LogP contribution in [-0.4, -0.2) is 49.3 Å². The van der Waals surface area contributed by atoms with Crippen LogP contribution in [0.4, 0.5) is 37.7 Å². The molecular weight excluding hydrogens is 982 g/mol. The SMILES string of the molecule is Cc1cnc2c(C(F)(F)F)cccc2c1-c1cccc(Oc2cc(N)cc(S(C)(=O)=O)n2)c1.Cc1cnc2c(C(F)(F)F)cccc2c1-c1cccc(Oc2nc(S(C)(=O)=O)c(Cl)c(N)c2Cl)c1. The number of nitrogens with two attached hydrogens (primary N) is 2. The summed E-state index contributed by atoms with van der Waals surface area (Å²) >= 11 is 12.2. The average Bonchev–Trinajstić information content (AvgIpc) is 3.25. The number of aryl methyl sites for hydroxylation is 2. The molecule has 4 heterocycles. The number of pyridine rings is 4. The summed E-state index contributed by atoms with van der Waals surface area (Å²) in [5.41, 5.74) is 13.1. The maximum Gasteiger partial charge on any atom is 0.418 e. The molecule has 0 saturated carbocycles. The number of hydrogen-bond donors (Lipinski definition) is 2. The minimum atomic E-state index is -4.57. The Labute approximate surface area is 394 Å². The quantitative estimate of drug-likeness (QED) is 0.137. The number of benzene rings is 4. The Kier molecular flexibility index (Phi) is 13.3. The number of rotatable bonds is 8. The molecule has 0 aliphatic carbocycles. The van der Waals surface area contributed by atoms with Gasteiger partial charge in [0.25, 0.3) is 0 Å². The van der Waals surface area contributed by atoms with E-state index < -0.39 is 48.2 Å². The summed E-state index contributed by atoms with van der Waals surface area (Å²) in [7, 11) is -7.45. The molecule has 0 saturated heterocycles. The number of aromatic nitrogens is 4. The third kappa shape index (κ3) is 10.4. The maximum atomic E-state index is 13.5. The molecule has 22 heteroatoms. The van der Waals surface area contributed by atoms with Crippen LogP contribution < -0.4 is 20.9 Å². The number of ether oxygens (including phenoxy) is 2. The number of nitrogen functional groups attached to an aromatic ring is 2. The topological polar surface area (TPSA) is 190 Å². The number of para-hydroxylation sites is 2. The van der Waals surface area contributed by atoms with Crippen LogP contribution in [0, 0.1) is 13.8 Å². The van der Waals surface area contributed by atoms with E-state index in [1.807, 2.05) is 0 Å². The highest BCUT2D eigenvalue weighted by Crippen LogP contribution is 2.43. The first-order valence-corrected chi connectivity index (χ1v) is 24.1. The number of anilines is 2. The van der Waals surface area contributed by atoms with Gasteiger partial charge in [-0.1, -0.05) is 71.7 Å². The molecule has 0 spiro atoms. The van der Waals surface area contributed by atoms with Crippen LogP contribution >= 0.6 is 23.2 Å². The Hall–Kier alpha value is -6.74. The van der Waals surface area contributed by atoms with Crippen molar-refractivity contribution < 1.29 is 52.7 Å². The summed E-state index contributed by atoms with van der Waals surface area (Å²) in [6.07, 6.45) is -4.43. The molecule has 0 aliphatic rings. The summed E-state index contributed by atoms with van der Waals surface area (Å²) in [6, 6.07) is 23.5. The second-order valence-electron chi connectivity index (χ2n) is 15.2. The fourth-order valence-corrected chi connectivity index (χ4v) is 9.18. The van der Waals surface area contributed by atoms with Crippen LogP contribution in [0.25, 0.3) is 44.1 Å². The first kappa shape index (κ1) is 49.2. The van der Waals surface area contributed by atoms with Gasteiger partial charge < -0.3 is 20.9 Å². The molecule has 0 aliphatic heterocycles. The third-order valence-electron chi connectivity index (χ3n) is 10.1. The Morgan fingerprint density at radius 3 is 1.51 bits per heavy atom. The Morgan fingerprint density at radius 1 is 0.588 bits per heavy atom. The zero-order valence-corrected chi connectivity index (χ0v) is 38.8. The molecule has 352 valence electrons. The van der Waals surface area contributed by atoms with Crippen LogP contribution in [0.1, 0.15) is 22.3 Å². The fraction of sp³-hybridized carbons (Fsp3) is 0.130. The lowest BCUT2D eigenvalue weighted by Crippen LogP contribution is -2.07. The molecule has 68 heavy (non-hydrogen) atoms. The van der Waals surface area contributed by atoms with Crippen molar-refractivity contribution in [3.05, 3.63) is 142 Å². The van der Waals surface area contributed by atoms with Crippen LogP contribution in [-0.2, 0) is 32.0 Å². The summed E-state index contributed by atoms with van der Waals surface area (Å²) in [5, 5.41) is -0.579. The highest BCUT2D eigenvalue weighted by Gasteiger charge is 2.35. The molecule has 8 aromatic rings. The van der Waals surface area contributed by atoms with E-state index in [9.17, 15) is 43.2 Å². The molecule has 12 nitrogen and oxygen atoms in total. The molecule has 0 bridgehead atoms. The highest BCUT2D eigenvalue weighted by atomic mass is 35.5. The lowest BCUT2D eigenvalue weighted by Gasteiger charge is -2.15. The minimum Gasteiger partial charge on any atom is -0.439 e. The predicted octanol–water partition coefficient (Wildman–Crippen LogP) is 12.1. The second-order valence-corrected chi connectivity index (χ2v) is 19.8. The van der Waals surface area contributed by atoms with Crippen molar-refractivity contribution in [2.24, 2.45) is 0 Å². The predicted molar refractivity (Wildman–Crippen MR) is 248 cm³/mol. The van der Waals surface area contributed by atoms with E-state index >= 15 is 0 Å². The van der Waals surface area contributed by atoms with Gasteiger partial charge in [0, 0.05) is 47.4 Å². The molecule has 0 fully saturated rings. The molecule has 0 atom stereocenters. The van der Waals surface area contributed by atoms with Crippen molar-refractivity contribution in [3.63, 3.8) is 0 Å². The van der Waals surface area contributed by atoms with E-state index in [1.165, 1.54) is 36.7 Å². The zero-order chi connectivity index (χ0) is 49.7. The molecule has 4 N–H and O–H groups in total. The van der Waals surface area contributed by atoms with Gasteiger partial charge in [-0.3, -0.25) is 9.97 Å². The molecular formula is C46H34Cl2F6N6O6S2. The number of alkyl halides is 6. The number of sulfone groups is 2.